The van der Waals surface area contributed by atoms with Gasteiger partial charge in [0.1, 0.15) is 0 Å². The van der Waals surface area contributed by atoms with Gasteiger partial charge < -0.3 is 10.6 Å². The van der Waals surface area contributed by atoms with E-state index in [1.807, 2.05) is 14.1 Å². The lowest BCUT2D eigenvalue weighted by molar-refractivity contribution is -0.131. The Morgan fingerprint density at radius 2 is 2.06 bits per heavy atom. The summed E-state index contributed by atoms with van der Waals surface area (Å²) in [6.07, 6.45) is 3.52. The number of rotatable bonds is 7. The number of amides is 1. The molecule has 0 aromatic carbocycles. The molecule has 0 radical (unpaired) electrons. The summed E-state index contributed by atoms with van der Waals surface area (Å²) in [6.45, 7) is 4.15. The lowest BCUT2D eigenvalue weighted by atomic mass is 10.2. The fourth-order valence-electron chi connectivity index (χ4n) is 1.87. The van der Waals surface area contributed by atoms with Gasteiger partial charge in [0.05, 0.1) is 6.54 Å². The third kappa shape index (κ3) is 4.10. The molecule has 0 saturated heterocycles. The molecule has 1 amide bonds. The molecule has 4 heteroatoms. The highest BCUT2D eigenvalue weighted by molar-refractivity contribution is 5.77. The van der Waals surface area contributed by atoms with Crippen molar-refractivity contribution < 1.29 is 4.79 Å². The van der Waals surface area contributed by atoms with Crippen molar-refractivity contribution in [1.29, 1.82) is 0 Å². The first-order valence-corrected chi connectivity index (χ1v) is 6.20. The second-order valence-electron chi connectivity index (χ2n) is 4.95. The molecule has 4 nitrogen and oxygen atoms in total. The van der Waals surface area contributed by atoms with E-state index in [4.69, 9.17) is 5.73 Å². The van der Waals surface area contributed by atoms with Crippen LogP contribution in [-0.4, -0.2) is 55.5 Å². The Labute approximate surface area is 98.8 Å². The average Bonchev–Trinajstić information content (AvgIpc) is 3.08. The minimum atomic E-state index is 0.198. The zero-order valence-electron chi connectivity index (χ0n) is 10.8. The summed E-state index contributed by atoms with van der Waals surface area (Å²) in [5.74, 6) is 1.01. The highest BCUT2D eigenvalue weighted by atomic mass is 16.2. The number of hydrogen-bond acceptors (Lipinski definition) is 3. The number of carbonyl (C=O) groups excluding carboxylic acids is 1. The van der Waals surface area contributed by atoms with E-state index in [0.29, 0.717) is 19.1 Å². The van der Waals surface area contributed by atoms with Crippen LogP contribution in [0.1, 0.15) is 26.2 Å². The summed E-state index contributed by atoms with van der Waals surface area (Å²) in [4.78, 5) is 15.8. The first-order valence-electron chi connectivity index (χ1n) is 6.20. The van der Waals surface area contributed by atoms with Crippen molar-refractivity contribution in [2.24, 2.45) is 11.7 Å². The molecule has 1 aliphatic carbocycles. The van der Waals surface area contributed by atoms with Crippen LogP contribution in [0.15, 0.2) is 0 Å². The van der Waals surface area contributed by atoms with Crippen LogP contribution >= 0.6 is 0 Å². The van der Waals surface area contributed by atoms with Crippen molar-refractivity contribution in [2.45, 2.75) is 32.2 Å². The van der Waals surface area contributed by atoms with Gasteiger partial charge in [-0.3, -0.25) is 9.69 Å². The summed E-state index contributed by atoms with van der Waals surface area (Å²) in [7, 11) is 3.89. The molecule has 0 bridgehead atoms. The molecule has 0 aliphatic heterocycles. The second-order valence-corrected chi connectivity index (χ2v) is 4.95. The molecule has 1 atom stereocenters. The monoisotopic (exact) mass is 227 g/mol. The van der Waals surface area contributed by atoms with Crippen LogP contribution in [0.3, 0.4) is 0 Å². The Morgan fingerprint density at radius 1 is 1.44 bits per heavy atom. The maximum atomic E-state index is 11.9. The minimum absolute atomic E-state index is 0.198. The second kappa shape index (κ2) is 6.21. The Morgan fingerprint density at radius 3 is 2.56 bits per heavy atom. The van der Waals surface area contributed by atoms with Gasteiger partial charge in [-0.15, -0.1) is 0 Å². The zero-order chi connectivity index (χ0) is 12.1. The molecule has 0 aromatic rings. The van der Waals surface area contributed by atoms with Crippen LogP contribution in [0.25, 0.3) is 0 Å². The molecule has 1 aliphatic rings. The van der Waals surface area contributed by atoms with E-state index in [9.17, 15) is 4.79 Å². The van der Waals surface area contributed by atoms with Gasteiger partial charge in [0.2, 0.25) is 5.91 Å². The third-order valence-corrected chi connectivity index (χ3v) is 3.51. The predicted octanol–water partition coefficient (Wildman–Crippen LogP) is 0.524. The van der Waals surface area contributed by atoms with Gasteiger partial charge in [0.15, 0.2) is 0 Å². The van der Waals surface area contributed by atoms with Crippen molar-refractivity contribution in [3.63, 3.8) is 0 Å². The first kappa shape index (κ1) is 13.5. The summed E-state index contributed by atoms with van der Waals surface area (Å²) in [5, 5.41) is 0. The van der Waals surface area contributed by atoms with Gasteiger partial charge in [-0.1, -0.05) is 0 Å². The van der Waals surface area contributed by atoms with Gasteiger partial charge in [-0.25, -0.2) is 0 Å². The van der Waals surface area contributed by atoms with Crippen molar-refractivity contribution in [1.82, 2.24) is 9.80 Å². The molecule has 0 spiro atoms. The number of carbonyl (C=O) groups is 1. The fourth-order valence-corrected chi connectivity index (χ4v) is 1.87. The van der Waals surface area contributed by atoms with E-state index < -0.39 is 0 Å². The number of likely N-dealkylation sites (N-methyl/N-ethyl adjacent to an activating group) is 2. The summed E-state index contributed by atoms with van der Waals surface area (Å²) < 4.78 is 0. The molecular formula is C12H25N3O. The smallest absolute Gasteiger partial charge is 0.236 e. The van der Waals surface area contributed by atoms with Crippen molar-refractivity contribution in [3.05, 3.63) is 0 Å². The van der Waals surface area contributed by atoms with E-state index in [1.165, 1.54) is 12.8 Å². The first-order chi connectivity index (χ1) is 7.56. The standard InChI is InChI=1S/C12H25N3O/c1-10(11-5-6-11)15(3)9-12(16)14(2)8-4-7-13/h10-11H,4-9,13H2,1-3H3. The maximum absolute atomic E-state index is 11.9. The maximum Gasteiger partial charge on any atom is 0.236 e. The average molecular weight is 227 g/mol. The fraction of sp³-hybridized carbons (Fsp3) is 0.917. The third-order valence-electron chi connectivity index (χ3n) is 3.51. The molecule has 94 valence electrons. The highest BCUT2D eigenvalue weighted by Crippen LogP contribution is 2.34. The van der Waals surface area contributed by atoms with Crippen LogP contribution in [0, 0.1) is 5.92 Å². The predicted molar refractivity (Wildman–Crippen MR) is 66.1 cm³/mol. The molecule has 1 saturated carbocycles. The number of hydrogen-bond donors (Lipinski definition) is 1. The normalized spacial score (nSPS) is 17.6. The van der Waals surface area contributed by atoms with E-state index in [2.05, 4.69) is 11.8 Å². The van der Waals surface area contributed by atoms with Crippen LogP contribution in [0.4, 0.5) is 0 Å². The highest BCUT2D eigenvalue weighted by Gasteiger charge is 2.31. The zero-order valence-corrected chi connectivity index (χ0v) is 10.8. The lowest BCUT2D eigenvalue weighted by Gasteiger charge is -2.26. The van der Waals surface area contributed by atoms with Gasteiger partial charge in [0.25, 0.3) is 0 Å². The van der Waals surface area contributed by atoms with Crippen LogP contribution in [0.5, 0.6) is 0 Å². The summed E-state index contributed by atoms with van der Waals surface area (Å²) >= 11 is 0. The summed E-state index contributed by atoms with van der Waals surface area (Å²) in [5.41, 5.74) is 5.43. The molecular weight excluding hydrogens is 202 g/mol. The molecule has 2 N–H and O–H groups in total. The Bertz CT molecular complexity index is 228. The van der Waals surface area contributed by atoms with E-state index in [-0.39, 0.29) is 5.91 Å². The van der Waals surface area contributed by atoms with Gasteiger partial charge in [-0.2, -0.15) is 0 Å². The topological polar surface area (TPSA) is 49.6 Å². The van der Waals surface area contributed by atoms with Crippen LogP contribution in [0.2, 0.25) is 0 Å². The SMILES string of the molecule is CC(C1CC1)N(C)CC(=O)N(C)CCCN. The van der Waals surface area contributed by atoms with E-state index >= 15 is 0 Å². The molecule has 0 aromatic heterocycles. The van der Waals surface area contributed by atoms with E-state index in [0.717, 1.165) is 18.9 Å². The number of nitrogens with zero attached hydrogens (tertiary/aromatic N) is 2. The Hall–Kier alpha value is -0.610. The van der Waals surface area contributed by atoms with Gasteiger partial charge in [0, 0.05) is 19.6 Å². The molecule has 1 unspecified atom stereocenters. The molecule has 1 fully saturated rings. The van der Waals surface area contributed by atoms with Crippen molar-refractivity contribution in [3.8, 4) is 0 Å². The Kier molecular flexibility index (Phi) is 5.22. The largest absolute Gasteiger partial charge is 0.345 e. The molecule has 16 heavy (non-hydrogen) atoms. The van der Waals surface area contributed by atoms with E-state index in [1.54, 1.807) is 4.90 Å². The quantitative estimate of drug-likeness (QED) is 0.690. The van der Waals surface area contributed by atoms with Crippen molar-refractivity contribution >= 4 is 5.91 Å². The molecule has 0 heterocycles. The lowest BCUT2D eigenvalue weighted by Crippen LogP contribution is -2.41. The Balaban J connectivity index is 2.25. The molecule has 1 rings (SSSR count). The van der Waals surface area contributed by atoms with Gasteiger partial charge in [-0.05, 0) is 45.7 Å². The van der Waals surface area contributed by atoms with Crippen LogP contribution < -0.4 is 5.73 Å². The summed E-state index contributed by atoms with van der Waals surface area (Å²) in [6, 6.07) is 0.534. The van der Waals surface area contributed by atoms with Crippen molar-refractivity contribution in [2.75, 3.05) is 33.7 Å². The minimum Gasteiger partial charge on any atom is -0.345 e. The number of nitrogens with two attached hydrogens (primary N) is 1. The van der Waals surface area contributed by atoms with Gasteiger partial charge >= 0.3 is 0 Å². The van der Waals surface area contributed by atoms with Crippen LogP contribution in [-0.2, 0) is 4.79 Å².